The Morgan fingerprint density at radius 3 is 2.67 bits per heavy atom. The molecule has 36 heavy (non-hydrogen) atoms. The van der Waals surface area contributed by atoms with Crippen molar-refractivity contribution in [2.75, 3.05) is 24.9 Å². The van der Waals surface area contributed by atoms with Crippen molar-refractivity contribution in [3.63, 3.8) is 0 Å². The summed E-state index contributed by atoms with van der Waals surface area (Å²) in [6.45, 7) is 0. The zero-order chi connectivity index (χ0) is 25.2. The molecule has 2 heterocycles. The largest absolute Gasteiger partial charge is 0.494 e. The van der Waals surface area contributed by atoms with E-state index in [4.69, 9.17) is 15.2 Å². The molecular formula is C25H29N7O4. The van der Waals surface area contributed by atoms with Crippen molar-refractivity contribution < 1.29 is 19.1 Å². The number of hydrogen-bond acceptors (Lipinski definition) is 8. The molecular weight excluding hydrogens is 462 g/mol. The summed E-state index contributed by atoms with van der Waals surface area (Å²) in [5.74, 6) is -0.0647. The van der Waals surface area contributed by atoms with Crippen LogP contribution in [0.5, 0.6) is 5.75 Å². The second kappa shape index (κ2) is 9.94. The summed E-state index contributed by atoms with van der Waals surface area (Å²) in [7, 11) is 3.32. The van der Waals surface area contributed by atoms with E-state index in [9.17, 15) is 9.59 Å². The van der Waals surface area contributed by atoms with Crippen molar-refractivity contribution >= 4 is 29.0 Å². The molecule has 5 rings (SSSR count). The SMILES string of the molecule is COc1c(Nc2cc(NC(=O)C3CC3)nnc2C(N)=O)cccc1-c1cnn(C2CCC[C@@H]2OC)c1. The molecule has 1 unspecified atom stereocenters. The number of hydrogen-bond donors (Lipinski definition) is 3. The van der Waals surface area contributed by atoms with Gasteiger partial charge in [-0.2, -0.15) is 5.10 Å². The van der Waals surface area contributed by atoms with Crippen LogP contribution in [0.3, 0.4) is 0 Å². The number of ether oxygens (including phenoxy) is 2. The number of carbonyl (C=O) groups is 2. The van der Waals surface area contributed by atoms with Crippen LogP contribution in [0.25, 0.3) is 11.1 Å². The first kappa shape index (κ1) is 23.7. The number of carbonyl (C=O) groups excluding carboxylic acids is 2. The number of methoxy groups -OCH3 is 2. The summed E-state index contributed by atoms with van der Waals surface area (Å²) in [4.78, 5) is 24.2. The van der Waals surface area contributed by atoms with E-state index in [1.165, 1.54) is 0 Å². The fourth-order valence-electron chi connectivity index (χ4n) is 4.67. The highest BCUT2D eigenvalue weighted by Gasteiger charge is 2.31. The fourth-order valence-corrected chi connectivity index (χ4v) is 4.67. The van der Waals surface area contributed by atoms with Crippen LogP contribution < -0.4 is 21.1 Å². The molecule has 4 N–H and O–H groups in total. The van der Waals surface area contributed by atoms with Gasteiger partial charge in [0.25, 0.3) is 5.91 Å². The third kappa shape index (κ3) is 4.74. The Labute approximate surface area is 208 Å². The average Bonchev–Trinajstić information content (AvgIpc) is 3.42. The molecule has 11 nitrogen and oxygen atoms in total. The van der Waals surface area contributed by atoms with Gasteiger partial charge in [-0.05, 0) is 38.2 Å². The van der Waals surface area contributed by atoms with Gasteiger partial charge in [-0.25, -0.2) is 0 Å². The molecule has 0 aliphatic heterocycles. The number of primary amides is 1. The first-order valence-electron chi connectivity index (χ1n) is 12.0. The summed E-state index contributed by atoms with van der Waals surface area (Å²) in [5.41, 5.74) is 8.09. The van der Waals surface area contributed by atoms with Crippen LogP contribution in [0.2, 0.25) is 0 Å². The van der Waals surface area contributed by atoms with Crippen LogP contribution in [0.4, 0.5) is 17.2 Å². The van der Waals surface area contributed by atoms with E-state index in [0.29, 0.717) is 17.1 Å². The number of para-hydroxylation sites is 1. The van der Waals surface area contributed by atoms with Crippen LogP contribution in [-0.4, -0.2) is 52.1 Å². The number of nitrogens with zero attached hydrogens (tertiary/aromatic N) is 4. The Bertz CT molecular complexity index is 1290. The molecule has 2 saturated carbocycles. The van der Waals surface area contributed by atoms with Crippen molar-refractivity contribution in [3.8, 4) is 16.9 Å². The summed E-state index contributed by atoms with van der Waals surface area (Å²) >= 11 is 0. The lowest BCUT2D eigenvalue weighted by Crippen LogP contribution is -2.20. The average molecular weight is 492 g/mol. The highest BCUT2D eigenvalue weighted by molar-refractivity contribution is 5.99. The van der Waals surface area contributed by atoms with E-state index in [-0.39, 0.29) is 35.5 Å². The van der Waals surface area contributed by atoms with E-state index in [2.05, 4.69) is 25.9 Å². The lowest BCUT2D eigenvalue weighted by Gasteiger charge is -2.18. The summed E-state index contributed by atoms with van der Waals surface area (Å²) in [5, 5.41) is 18.4. The van der Waals surface area contributed by atoms with Crippen LogP contribution in [0.1, 0.15) is 48.6 Å². The number of amides is 2. The maximum Gasteiger partial charge on any atom is 0.271 e. The Kier molecular flexibility index (Phi) is 6.55. The second-order valence-corrected chi connectivity index (χ2v) is 9.11. The van der Waals surface area contributed by atoms with Crippen molar-refractivity contribution in [2.45, 2.75) is 44.2 Å². The predicted octanol–water partition coefficient (Wildman–Crippen LogP) is 3.28. The van der Waals surface area contributed by atoms with Gasteiger partial charge in [-0.3, -0.25) is 14.3 Å². The molecule has 2 aromatic heterocycles. The van der Waals surface area contributed by atoms with Gasteiger partial charge >= 0.3 is 0 Å². The third-order valence-corrected chi connectivity index (χ3v) is 6.69. The normalized spacial score (nSPS) is 19.2. The quantitative estimate of drug-likeness (QED) is 0.413. The third-order valence-electron chi connectivity index (χ3n) is 6.69. The Morgan fingerprint density at radius 1 is 1.11 bits per heavy atom. The molecule has 11 heteroatoms. The number of anilines is 3. The second-order valence-electron chi connectivity index (χ2n) is 9.11. The lowest BCUT2D eigenvalue weighted by molar-refractivity contribution is -0.117. The Hall–Kier alpha value is -3.99. The molecule has 2 amide bonds. The molecule has 188 valence electrons. The van der Waals surface area contributed by atoms with Gasteiger partial charge in [0.05, 0.1) is 36.8 Å². The number of benzene rings is 1. The van der Waals surface area contributed by atoms with Gasteiger partial charge in [-0.1, -0.05) is 12.1 Å². The summed E-state index contributed by atoms with van der Waals surface area (Å²) < 4.78 is 13.4. The molecule has 0 bridgehead atoms. The molecule has 0 spiro atoms. The monoisotopic (exact) mass is 491 g/mol. The Morgan fingerprint density at radius 2 is 1.94 bits per heavy atom. The van der Waals surface area contributed by atoms with Gasteiger partial charge < -0.3 is 25.8 Å². The van der Waals surface area contributed by atoms with E-state index < -0.39 is 5.91 Å². The number of rotatable bonds is 9. The van der Waals surface area contributed by atoms with Gasteiger partial charge in [-0.15, -0.1) is 10.2 Å². The predicted molar refractivity (Wildman–Crippen MR) is 133 cm³/mol. The van der Waals surface area contributed by atoms with Crippen LogP contribution >= 0.6 is 0 Å². The molecule has 2 atom stereocenters. The van der Waals surface area contributed by atoms with Crippen LogP contribution in [-0.2, 0) is 9.53 Å². The highest BCUT2D eigenvalue weighted by Crippen LogP contribution is 2.40. The zero-order valence-electron chi connectivity index (χ0n) is 20.2. The van der Waals surface area contributed by atoms with Gasteiger partial charge in [0, 0.05) is 36.4 Å². The van der Waals surface area contributed by atoms with Crippen LogP contribution in [0.15, 0.2) is 36.7 Å². The van der Waals surface area contributed by atoms with Crippen molar-refractivity contribution in [1.82, 2.24) is 20.0 Å². The fraction of sp³-hybridized carbons (Fsp3) is 0.400. The van der Waals surface area contributed by atoms with Gasteiger partial charge in [0.15, 0.2) is 11.5 Å². The molecule has 1 aromatic carbocycles. The number of aromatic nitrogens is 4. The van der Waals surface area contributed by atoms with Gasteiger partial charge in [0.2, 0.25) is 5.91 Å². The molecule has 2 fully saturated rings. The summed E-state index contributed by atoms with van der Waals surface area (Å²) in [6.07, 6.45) is 8.81. The molecule has 3 aromatic rings. The topological polar surface area (TPSA) is 146 Å². The minimum Gasteiger partial charge on any atom is -0.494 e. The number of nitrogens with one attached hydrogen (secondary N) is 2. The van der Waals surface area contributed by atoms with Gasteiger partial charge in [0.1, 0.15) is 5.75 Å². The maximum absolute atomic E-state index is 12.2. The molecule has 2 aliphatic carbocycles. The standard InChI is InChI=1S/C25H29N7O4/c1-35-20-8-4-7-19(20)32-13-15(12-27-32)16-5-3-6-17(23(16)36-2)28-18-11-21(29-25(34)14-9-10-14)30-31-22(18)24(26)33/h3,5-6,11-14,19-20H,4,7-10H2,1-2H3,(H2,26,33)(H2,28,29,30,34)/t19?,20-/m0/s1. The van der Waals surface area contributed by atoms with E-state index in [1.807, 2.05) is 29.1 Å². The highest BCUT2D eigenvalue weighted by atomic mass is 16.5. The number of nitrogens with two attached hydrogens (primary N) is 1. The molecule has 2 aliphatic rings. The summed E-state index contributed by atoms with van der Waals surface area (Å²) in [6, 6.07) is 7.37. The minimum atomic E-state index is -0.745. The molecule has 0 radical (unpaired) electrons. The Balaban J connectivity index is 1.45. The minimum absolute atomic E-state index is 0.000110. The van der Waals surface area contributed by atoms with E-state index in [1.54, 1.807) is 26.5 Å². The van der Waals surface area contributed by atoms with Crippen molar-refractivity contribution in [1.29, 1.82) is 0 Å². The molecule has 0 saturated heterocycles. The maximum atomic E-state index is 12.2. The van der Waals surface area contributed by atoms with Crippen molar-refractivity contribution in [2.24, 2.45) is 11.7 Å². The van der Waals surface area contributed by atoms with Crippen LogP contribution in [0, 0.1) is 5.92 Å². The van der Waals surface area contributed by atoms with Crippen molar-refractivity contribution in [3.05, 3.63) is 42.4 Å². The lowest BCUT2D eigenvalue weighted by atomic mass is 10.1. The smallest absolute Gasteiger partial charge is 0.271 e. The zero-order valence-corrected chi connectivity index (χ0v) is 20.2. The van der Waals surface area contributed by atoms with E-state index in [0.717, 1.165) is 43.2 Å². The van der Waals surface area contributed by atoms with E-state index >= 15 is 0 Å². The first-order chi connectivity index (χ1) is 17.5. The first-order valence-corrected chi connectivity index (χ1v) is 12.0.